The van der Waals surface area contributed by atoms with Crippen LogP contribution < -0.4 is 11.5 Å². The molecule has 0 unspecified atom stereocenters. The summed E-state index contributed by atoms with van der Waals surface area (Å²) in [5.74, 6) is 0. The van der Waals surface area contributed by atoms with Crippen molar-refractivity contribution in [1.82, 2.24) is 9.97 Å². The fourth-order valence-corrected chi connectivity index (χ4v) is 1.92. The highest BCUT2D eigenvalue weighted by atomic mass is 14.8. The van der Waals surface area contributed by atoms with Crippen LogP contribution in [0.15, 0.2) is 36.7 Å². The molecule has 0 saturated carbocycles. The first kappa shape index (κ1) is 11.0. The Balaban J connectivity index is 2.07. The Bertz CT molecular complexity index is 366. The number of hydrogen-bond donors (Lipinski definition) is 4. The number of nitrogens with one attached hydrogen (secondary N) is 2. The van der Waals surface area contributed by atoms with E-state index in [0.29, 0.717) is 6.54 Å². The lowest BCUT2D eigenvalue weighted by molar-refractivity contribution is 0.422. The first-order chi connectivity index (χ1) is 7.72. The van der Waals surface area contributed by atoms with E-state index in [1.807, 2.05) is 36.7 Å². The Labute approximate surface area is 95.0 Å². The molecule has 0 aliphatic rings. The molecule has 2 heterocycles. The van der Waals surface area contributed by atoms with Gasteiger partial charge in [-0.2, -0.15) is 0 Å². The van der Waals surface area contributed by atoms with Gasteiger partial charge in [0, 0.05) is 48.7 Å². The lowest BCUT2D eigenvalue weighted by atomic mass is 9.89. The molecule has 0 aliphatic carbocycles. The van der Waals surface area contributed by atoms with Gasteiger partial charge in [0.05, 0.1) is 0 Å². The average molecular weight is 218 g/mol. The third-order valence-corrected chi connectivity index (χ3v) is 2.82. The van der Waals surface area contributed by atoms with Crippen LogP contribution in [0.2, 0.25) is 0 Å². The third-order valence-electron chi connectivity index (χ3n) is 2.82. The minimum Gasteiger partial charge on any atom is -0.365 e. The smallest absolute Gasteiger partial charge is 0.0388 e. The van der Waals surface area contributed by atoms with Crippen molar-refractivity contribution in [2.75, 3.05) is 6.54 Å². The molecule has 0 bridgehead atoms. The second-order valence-electron chi connectivity index (χ2n) is 4.31. The monoisotopic (exact) mass is 218 g/mol. The summed E-state index contributed by atoms with van der Waals surface area (Å²) in [6.45, 7) is 0.463. The standard InChI is InChI=1S/C12H18N4/c13-9-12(14,7-10-3-1-5-15-10)8-11-4-2-6-16-11/h1-6,15-16H,7-9,13-14H2. The number of rotatable bonds is 5. The van der Waals surface area contributed by atoms with Crippen molar-refractivity contribution in [2.24, 2.45) is 11.5 Å². The second-order valence-corrected chi connectivity index (χ2v) is 4.31. The molecule has 2 aromatic rings. The zero-order valence-electron chi connectivity index (χ0n) is 9.24. The van der Waals surface area contributed by atoms with Gasteiger partial charge in [0.15, 0.2) is 0 Å². The average Bonchev–Trinajstić information content (AvgIpc) is 2.91. The fraction of sp³-hybridized carbons (Fsp3) is 0.333. The molecule has 0 aromatic carbocycles. The first-order valence-electron chi connectivity index (χ1n) is 5.45. The van der Waals surface area contributed by atoms with E-state index in [0.717, 1.165) is 24.2 Å². The van der Waals surface area contributed by atoms with Gasteiger partial charge in [-0.3, -0.25) is 0 Å². The maximum atomic E-state index is 6.31. The largest absolute Gasteiger partial charge is 0.365 e. The maximum absolute atomic E-state index is 6.31. The summed E-state index contributed by atoms with van der Waals surface area (Å²) in [7, 11) is 0. The second kappa shape index (κ2) is 4.55. The van der Waals surface area contributed by atoms with Crippen molar-refractivity contribution >= 4 is 0 Å². The summed E-state index contributed by atoms with van der Waals surface area (Å²) >= 11 is 0. The van der Waals surface area contributed by atoms with Gasteiger partial charge in [-0.05, 0) is 24.3 Å². The molecule has 0 atom stereocenters. The van der Waals surface area contributed by atoms with Crippen LogP contribution in [0.5, 0.6) is 0 Å². The summed E-state index contributed by atoms with van der Waals surface area (Å²) in [5, 5.41) is 0. The van der Waals surface area contributed by atoms with Crippen LogP contribution >= 0.6 is 0 Å². The molecular formula is C12H18N4. The molecule has 0 spiro atoms. The lowest BCUT2D eigenvalue weighted by Gasteiger charge is -2.27. The van der Waals surface area contributed by atoms with E-state index in [2.05, 4.69) is 9.97 Å². The molecule has 0 amide bonds. The van der Waals surface area contributed by atoms with Crippen LogP contribution in [0.1, 0.15) is 11.4 Å². The number of hydrogen-bond acceptors (Lipinski definition) is 2. The predicted molar refractivity (Wildman–Crippen MR) is 65.0 cm³/mol. The minimum absolute atomic E-state index is 0.393. The van der Waals surface area contributed by atoms with Gasteiger partial charge in [0.2, 0.25) is 0 Å². The first-order valence-corrected chi connectivity index (χ1v) is 5.45. The molecule has 4 heteroatoms. The van der Waals surface area contributed by atoms with E-state index >= 15 is 0 Å². The van der Waals surface area contributed by atoms with Gasteiger partial charge in [0.1, 0.15) is 0 Å². The molecule has 6 N–H and O–H groups in total. The Morgan fingerprint density at radius 3 is 1.81 bits per heavy atom. The van der Waals surface area contributed by atoms with Crippen molar-refractivity contribution in [3.8, 4) is 0 Å². The molecule has 86 valence electrons. The number of aromatic amines is 2. The zero-order chi connectivity index (χ0) is 11.4. The van der Waals surface area contributed by atoms with Crippen LogP contribution in [0.25, 0.3) is 0 Å². The van der Waals surface area contributed by atoms with Gasteiger partial charge in [-0.1, -0.05) is 0 Å². The zero-order valence-corrected chi connectivity index (χ0v) is 9.24. The van der Waals surface area contributed by atoms with Crippen LogP contribution in [-0.4, -0.2) is 22.1 Å². The minimum atomic E-state index is -0.393. The van der Waals surface area contributed by atoms with Gasteiger partial charge in [-0.15, -0.1) is 0 Å². The molecule has 4 nitrogen and oxygen atoms in total. The molecule has 0 fully saturated rings. The predicted octanol–water partition coefficient (Wildman–Crippen LogP) is 0.784. The Morgan fingerprint density at radius 1 is 1.00 bits per heavy atom. The number of nitrogens with two attached hydrogens (primary N) is 2. The Hall–Kier alpha value is -1.52. The van der Waals surface area contributed by atoms with Crippen molar-refractivity contribution in [1.29, 1.82) is 0 Å². The third kappa shape index (κ3) is 2.53. The van der Waals surface area contributed by atoms with Gasteiger partial charge < -0.3 is 21.4 Å². The SMILES string of the molecule is NCC(N)(Cc1ccc[nH]1)Cc1ccc[nH]1. The summed E-state index contributed by atoms with van der Waals surface area (Å²) in [6, 6.07) is 8.01. The van der Waals surface area contributed by atoms with Crippen molar-refractivity contribution in [2.45, 2.75) is 18.4 Å². The molecule has 16 heavy (non-hydrogen) atoms. The summed E-state index contributed by atoms with van der Waals surface area (Å²) in [6.07, 6.45) is 5.33. The van der Waals surface area contributed by atoms with E-state index in [1.54, 1.807) is 0 Å². The van der Waals surface area contributed by atoms with Gasteiger partial charge >= 0.3 is 0 Å². The van der Waals surface area contributed by atoms with Crippen molar-refractivity contribution < 1.29 is 0 Å². The summed E-state index contributed by atoms with van der Waals surface area (Å²) in [5.41, 5.74) is 14.0. The van der Waals surface area contributed by atoms with E-state index in [4.69, 9.17) is 11.5 Å². The molecule has 0 radical (unpaired) electrons. The molecule has 0 saturated heterocycles. The number of aromatic nitrogens is 2. The topological polar surface area (TPSA) is 83.6 Å². The van der Waals surface area contributed by atoms with E-state index in [-0.39, 0.29) is 0 Å². The van der Waals surface area contributed by atoms with Gasteiger partial charge in [0.25, 0.3) is 0 Å². The van der Waals surface area contributed by atoms with E-state index in [9.17, 15) is 0 Å². The van der Waals surface area contributed by atoms with E-state index < -0.39 is 5.54 Å². The van der Waals surface area contributed by atoms with Crippen LogP contribution in [0.3, 0.4) is 0 Å². The molecule has 2 rings (SSSR count). The van der Waals surface area contributed by atoms with Crippen molar-refractivity contribution in [3.63, 3.8) is 0 Å². The molecular weight excluding hydrogens is 200 g/mol. The Morgan fingerprint density at radius 2 is 1.50 bits per heavy atom. The van der Waals surface area contributed by atoms with Crippen LogP contribution in [-0.2, 0) is 12.8 Å². The highest BCUT2D eigenvalue weighted by molar-refractivity contribution is 5.14. The highest BCUT2D eigenvalue weighted by Crippen LogP contribution is 2.14. The number of H-pyrrole nitrogens is 2. The normalized spacial score (nSPS) is 11.9. The van der Waals surface area contributed by atoms with Crippen molar-refractivity contribution in [3.05, 3.63) is 48.0 Å². The summed E-state index contributed by atoms with van der Waals surface area (Å²) < 4.78 is 0. The van der Waals surface area contributed by atoms with Crippen LogP contribution in [0, 0.1) is 0 Å². The molecule has 2 aromatic heterocycles. The van der Waals surface area contributed by atoms with Crippen LogP contribution in [0.4, 0.5) is 0 Å². The Kier molecular flexibility index (Phi) is 3.12. The lowest BCUT2D eigenvalue weighted by Crippen LogP contribution is -2.51. The van der Waals surface area contributed by atoms with Gasteiger partial charge in [-0.25, -0.2) is 0 Å². The summed E-state index contributed by atoms with van der Waals surface area (Å²) in [4.78, 5) is 6.32. The molecule has 0 aliphatic heterocycles. The maximum Gasteiger partial charge on any atom is 0.0388 e. The highest BCUT2D eigenvalue weighted by Gasteiger charge is 2.24. The fourth-order valence-electron chi connectivity index (χ4n) is 1.92. The quantitative estimate of drug-likeness (QED) is 0.598. The van der Waals surface area contributed by atoms with E-state index in [1.165, 1.54) is 0 Å².